The third-order valence-corrected chi connectivity index (χ3v) is 28.7. The number of para-hydroxylation sites is 3. The Hall–Kier alpha value is -19.6. The maximum absolute atomic E-state index is 5.40. The van der Waals surface area contributed by atoms with Crippen LogP contribution in [-0.2, 0) is 0 Å². The van der Waals surface area contributed by atoms with E-state index in [1.54, 1.807) is 0 Å². The van der Waals surface area contributed by atoms with E-state index in [2.05, 4.69) is 504 Å². The zero-order valence-electron chi connectivity index (χ0n) is 77.9. The largest absolute Gasteiger partial charge is 0.309 e. The van der Waals surface area contributed by atoms with Crippen LogP contribution in [0.25, 0.3) is 265 Å². The van der Waals surface area contributed by atoms with Crippen molar-refractivity contribution in [1.29, 1.82) is 0 Å². The number of hydrogen-bond donors (Lipinski definition) is 0. The second-order valence-corrected chi connectivity index (χ2v) is 36.8. The first-order valence-electron chi connectivity index (χ1n) is 48.8. The van der Waals surface area contributed by atoms with Crippen molar-refractivity contribution in [2.75, 3.05) is 0 Å². The second kappa shape index (κ2) is 34.3. The molecule has 0 amide bonds. The fourth-order valence-electron chi connectivity index (χ4n) is 22.4. The fraction of sp³-hybridized carbons (Fsp3) is 0. The van der Waals surface area contributed by atoms with Gasteiger partial charge in [0.25, 0.3) is 0 Å². The van der Waals surface area contributed by atoms with Crippen LogP contribution in [0, 0.1) is 0 Å². The molecule has 144 heavy (non-hydrogen) atoms. The molecular weight excluding hydrogens is 1750 g/mol. The number of pyridine rings is 3. The van der Waals surface area contributed by atoms with E-state index in [9.17, 15) is 0 Å². The van der Waals surface area contributed by atoms with Crippen LogP contribution in [0.5, 0.6) is 0 Å². The minimum Gasteiger partial charge on any atom is -0.309 e. The summed E-state index contributed by atoms with van der Waals surface area (Å²) in [6.45, 7) is 0. The number of hydrogen-bond acceptors (Lipinski definition) is 6. The van der Waals surface area contributed by atoms with E-state index < -0.39 is 0 Å². The Kier molecular flexibility index (Phi) is 19.7. The van der Waals surface area contributed by atoms with Crippen molar-refractivity contribution < 1.29 is 0 Å². The summed E-state index contributed by atoms with van der Waals surface area (Å²) >= 11 is 0. The Morgan fingerprint density at radius 2 is 0.424 bits per heavy atom. The van der Waals surface area contributed by atoms with Gasteiger partial charge in [0.15, 0.2) is 0 Å². The van der Waals surface area contributed by atoms with Crippen LogP contribution in [0.3, 0.4) is 0 Å². The molecule has 0 fully saturated rings. The van der Waals surface area contributed by atoms with Crippen molar-refractivity contribution in [2.45, 2.75) is 0 Å². The van der Waals surface area contributed by atoms with Gasteiger partial charge in [-0.3, -0.25) is 28.2 Å². The quantitative estimate of drug-likeness (QED) is 0.113. The summed E-state index contributed by atoms with van der Waals surface area (Å²) in [4.78, 5) is 30.0. The molecule has 12 heteroatoms. The van der Waals surface area contributed by atoms with Crippen molar-refractivity contribution in [3.63, 3.8) is 0 Å². The maximum atomic E-state index is 5.40. The Bertz CT molecular complexity index is 9420. The van der Waals surface area contributed by atoms with Crippen LogP contribution in [0.15, 0.2) is 510 Å². The first-order valence-corrected chi connectivity index (χ1v) is 48.8. The molecule has 0 saturated heterocycles. The van der Waals surface area contributed by atoms with Gasteiger partial charge in [0, 0.05) is 140 Å². The van der Waals surface area contributed by atoms with E-state index >= 15 is 0 Å². The molecule has 672 valence electrons. The predicted molar refractivity (Wildman–Crippen MR) is 597 cm³/mol. The van der Waals surface area contributed by atoms with Gasteiger partial charge in [0.05, 0.1) is 66.9 Å². The first-order chi connectivity index (χ1) is 71.5. The van der Waals surface area contributed by atoms with Gasteiger partial charge in [0.1, 0.15) is 23.1 Å². The second-order valence-electron chi connectivity index (χ2n) is 36.8. The van der Waals surface area contributed by atoms with Gasteiger partial charge in [-0.05, 0) is 199 Å². The van der Waals surface area contributed by atoms with Gasteiger partial charge in [-0.2, -0.15) is 0 Å². The molecule has 0 atom stereocenters. The molecular formula is C132H84N12. The smallest absolute Gasteiger partial charge is 0.145 e. The van der Waals surface area contributed by atoms with Gasteiger partial charge in [0.2, 0.25) is 0 Å². The molecule has 21 aromatic carbocycles. The average molecular weight is 1840 g/mol. The summed E-state index contributed by atoms with van der Waals surface area (Å²) in [5.41, 5.74) is 29.8. The number of rotatable bonds is 12. The van der Waals surface area contributed by atoms with Crippen LogP contribution in [0.1, 0.15) is 0 Å². The highest BCUT2D eigenvalue weighted by atomic mass is 15.1. The lowest BCUT2D eigenvalue weighted by Crippen LogP contribution is -1.98. The van der Waals surface area contributed by atoms with Gasteiger partial charge in [-0.25, -0.2) is 19.9 Å². The van der Waals surface area contributed by atoms with Crippen molar-refractivity contribution in [2.24, 2.45) is 0 Å². The minimum absolute atomic E-state index is 0.928. The lowest BCUT2D eigenvalue weighted by atomic mass is 9.99. The highest BCUT2D eigenvalue weighted by Crippen LogP contribution is 2.47. The Labute approximate surface area is 826 Å². The van der Waals surface area contributed by atoms with Crippen LogP contribution in [0.4, 0.5) is 0 Å². The van der Waals surface area contributed by atoms with Gasteiger partial charge < -0.3 is 9.13 Å². The molecule has 0 aliphatic heterocycles. The topological polar surface area (TPSA) is 107 Å². The lowest BCUT2D eigenvalue weighted by Gasteiger charge is -2.14. The highest BCUT2D eigenvalue weighted by molar-refractivity contribution is 6.27. The molecule has 9 aromatic heterocycles. The Morgan fingerprint density at radius 1 is 0.146 bits per heavy atom. The van der Waals surface area contributed by atoms with Crippen molar-refractivity contribution >= 4 is 163 Å². The highest BCUT2D eigenvalue weighted by Gasteiger charge is 2.28. The predicted octanol–water partition coefficient (Wildman–Crippen LogP) is 33.5. The number of nitrogens with zero attached hydrogens (tertiary/aromatic N) is 12. The fourth-order valence-corrected chi connectivity index (χ4v) is 22.4. The molecule has 0 unspecified atom stereocenters. The van der Waals surface area contributed by atoms with Crippen LogP contribution < -0.4 is 0 Å². The third kappa shape index (κ3) is 13.6. The molecule has 0 N–H and O–H groups in total. The molecule has 30 aromatic rings. The molecule has 0 aliphatic carbocycles. The summed E-state index contributed by atoms with van der Waals surface area (Å²) in [6.07, 6.45) is 9.57. The molecule has 0 radical (unpaired) electrons. The van der Waals surface area contributed by atoms with Crippen molar-refractivity contribution in [1.82, 2.24) is 57.3 Å². The summed E-state index contributed by atoms with van der Waals surface area (Å²) < 4.78 is 13.9. The Balaban J connectivity index is 0.000000105. The van der Waals surface area contributed by atoms with E-state index in [1.165, 1.54) is 70.0 Å². The molecule has 0 saturated carbocycles. The molecule has 12 nitrogen and oxygen atoms in total. The normalized spacial score (nSPS) is 11.8. The molecule has 0 aliphatic rings. The molecule has 30 rings (SSSR count). The number of aromatic nitrogens is 12. The summed E-state index contributed by atoms with van der Waals surface area (Å²) in [6, 6.07) is 170. The number of imidazole rings is 3. The van der Waals surface area contributed by atoms with E-state index in [1.807, 2.05) is 43.1 Å². The Morgan fingerprint density at radius 3 is 0.819 bits per heavy atom. The van der Waals surface area contributed by atoms with E-state index in [0.717, 1.165) is 195 Å². The monoisotopic (exact) mass is 1840 g/mol. The average Bonchev–Trinajstić information content (AvgIpc) is 1.55. The minimum atomic E-state index is 0.928. The standard InChI is InChI=1S/3C44H28N4/c1-3-13-29(14-4-1)43-46-41-36-21-9-7-19-34(36)35-20-8-10-22-37(35)42(41)48(43)33-18-11-15-30(27-33)31-24-25-40-39(28-31)38-23-12-26-45-44(38)47(40)32-16-5-2-6-17-32;1-3-12-29(13-4-1)44-46-42-37-20-9-7-18-34(37)35-19-8-10-21-38(35)43(42)48(44)33-17-11-14-30(26-33)31-22-23-40-39(27-31)36-24-25-45-28-41(36)47(40)32-15-5-2-6-16-32;1-3-12-29(13-4-1)44-46-42-36-20-9-7-18-34(36)35-19-8-10-21-37(35)43(42)48(44)33-17-11-14-30(26-33)31-22-23-40-38(27-31)39-28-45-25-24-41(39)47(40)32-15-5-2-6-16-32/h3*1-28H. The molecule has 9 heterocycles. The van der Waals surface area contributed by atoms with Crippen LogP contribution >= 0.6 is 0 Å². The SMILES string of the molecule is c1ccc(-c2nc3c4ccccc4c4ccccc4c3n2-c2cccc(-c3ccc4c(c3)c3cccnc3n4-c3ccccc3)c2)cc1.c1ccc(-c2nc3c4ccccc4c4ccccc4c3n2-c2cccc(-c3ccc4c(c3)c3ccncc3n4-c3ccccc3)c2)cc1.c1ccc(-c2nc3c4ccccc4c4ccccc4c3n2-c2cccc(-c3ccc4c(c3)c3cnccc3n4-c3ccccc3)c2)cc1. The lowest BCUT2D eigenvalue weighted by molar-refractivity contribution is 1.11. The van der Waals surface area contributed by atoms with Crippen molar-refractivity contribution in [3.8, 4) is 102 Å². The van der Waals surface area contributed by atoms with Crippen LogP contribution in [-0.4, -0.2) is 57.3 Å². The summed E-state index contributed by atoms with van der Waals surface area (Å²) in [7, 11) is 0. The van der Waals surface area contributed by atoms with E-state index in [0.29, 0.717) is 0 Å². The number of benzene rings is 21. The van der Waals surface area contributed by atoms with E-state index in [-0.39, 0.29) is 0 Å². The first kappa shape index (κ1) is 82.7. The maximum Gasteiger partial charge on any atom is 0.145 e. The third-order valence-electron chi connectivity index (χ3n) is 28.7. The molecule has 0 spiro atoms. The summed E-state index contributed by atoms with van der Waals surface area (Å²) in [5, 5.41) is 21.4. The zero-order chi connectivity index (χ0) is 94.8. The zero-order valence-corrected chi connectivity index (χ0v) is 77.9. The van der Waals surface area contributed by atoms with Crippen molar-refractivity contribution in [3.05, 3.63) is 510 Å². The number of fused-ring (bicyclic) bond motifs is 27. The van der Waals surface area contributed by atoms with Gasteiger partial charge in [-0.1, -0.05) is 346 Å². The molecule has 0 bridgehead atoms. The van der Waals surface area contributed by atoms with Crippen LogP contribution in [0.2, 0.25) is 0 Å². The van der Waals surface area contributed by atoms with Gasteiger partial charge >= 0.3 is 0 Å². The van der Waals surface area contributed by atoms with E-state index in [4.69, 9.17) is 19.9 Å². The van der Waals surface area contributed by atoms with Gasteiger partial charge in [-0.15, -0.1) is 0 Å². The summed E-state index contributed by atoms with van der Waals surface area (Å²) in [5.74, 6) is 2.78.